The lowest BCUT2D eigenvalue weighted by Gasteiger charge is -2.41. The van der Waals surface area contributed by atoms with Gasteiger partial charge in [0.15, 0.2) is 6.29 Å². The van der Waals surface area contributed by atoms with E-state index in [9.17, 15) is 28.5 Å². The first-order valence-corrected chi connectivity index (χ1v) is 24.7. The van der Waals surface area contributed by atoms with Gasteiger partial charge in [-0.25, -0.2) is 4.18 Å². The van der Waals surface area contributed by atoms with Crippen LogP contribution in [0, 0.1) is 0 Å². The molecule has 356 valence electrons. The second-order valence-electron chi connectivity index (χ2n) is 15.6. The number of carbonyl (C=O) groups excluding carboxylic acids is 1. The van der Waals surface area contributed by atoms with Gasteiger partial charge in [0.25, 0.3) is 0 Å². The van der Waals surface area contributed by atoms with Crippen molar-refractivity contribution in [3.05, 3.63) is 85.1 Å². The first kappa shape index (κ1) is 57.3. The summed E-state index contributed by atoms with van der Waals surface area (Å²) < 4.78 is 59.0. The number of aliphatic hydroxyl groups is 3. The van der Waals surface area contributed by atoms with Gasteiger partial charge in [0, 0.05) is 13.0 Å². The number of carbonyl (C=O) groups is 1. The van der Waals surface area contributed by atoms with Crippen LogP contribution in [0.4, 0.5) is 0 Å². The van der Waals surface area contributed by atoms with Gasteiger partial charge in [0.05, 0.1) is 19.8 Å². The van der Waals surface area contributed by atoms with Gasteiger partial charge in [-0.2, -0.15) is 8.42 Å². The number of hydrogen-bond donors (Lipinski definition) is 4. The van der Waals surface area contributed by atoms with E-state index in [1.807, 2.05) is 0 Å². The molecule has 0 spiro atoms. The van der Waals surface area contributed by atoms with Crippen LogP contribution in [-0.4, -0.2) is 97.5 Å². The van der Waals surface area contributed by atoms with Crippen molar-refractivity contribution in [1.82, 2.24) is 0 Å². The SMILES string of the molecule is CC/C=C\C/C=C\C/C=C\C/C=C\C/C=C\C/C=C\CCCCC(=O)OC(COCCCCCCCC/C=C\CCCCCC)COC1OC(CO)C(O)C(OS(=O)(=O)O)C1O. The summed E-state index contributed by atoms with van der Waals surface area (Å²) >= 11 is 0. The Hall–Kier alpha value is -2.72. The maximum Gasteiger partial charge on any atom is 0.397 e. The van der Waals surface area contributed by atoms with Crippen LogP contribution >= 0.6 is 0 Å². The molecule has 0 amide bonds. The number of hydrogen-bond acceptors (Lipinski definition) is 11. The highest BCUT2D eigenvalue weighted by Crippen LogP contribution is 2.26. The van der Waals surface area contributed by atoms with Crippen LogP contribution in [0.5, 0.6) is 0 Å². The summed E-state index contributed by atoms with van der Waals surface area (Å²) in [6, 6.07) is 0. The Morgan fingerprint density at radius 3 is 1.65 bits per heavy atom. The quantitative estimate of drug-likeness (QED) is 0.0199. The van der Waals surface area contributed by atoms with E-state index in [-0.39, 0.29) is 19.6 Å². The van der Waals surface area contributed by atoms with Crippen molar-refractivity contribution in [2.24, 2.45) is 0 Å². The summed E-state index contributed by atoms with van der Waals surface area (Å²) in [5.41, 5.74) is 0. The summed E-state index contributed by atoms with van der Waals surface area (Å²) in [5.74, 6) is -0.447. The molecule has 1 heterocycles. The molecule has 0 aromatic rings. The van der Waals surface area contributed by atoms with Crippen LogP contribution in [0.2, 0.25) is 0 Å². The Kier molecular flexibility index (Phi) is 36.8. The molecule has 13 heteroatoms. The molecular formula is C49H82O12S. The number of rotatable bonds is 39. The molecular weight excluding hydrogens is 813 g/mol. The largest absolute Gasteiger partial charge is 0.457 e. The van der Waals surface area contributed by atoms with Crippen LogP contribution in [0.25, 0.3) is 0 Å². The Morgan fingerprint density at radius 2 is 1.11 bits per heavy atom. The molecule has 0 aromatic heterocycles. The van der Waals surface area contributed by atoms with Crippen molar-refractivity contribution in [2.45, 2.75) is 192 Å². The number of esters is 1. The molecule has 4 N–H and O–H groups in total. The van der Waals surface area contributed by atoms with Crippen LogP contribution in [0.1, 0.15) is 155 Å². The molecule has 0 bridgehead atoms. The van der Waals surface area contributed by atoms with Gasteiger partial charge in [-0.3, -0.25) is 9.35 Å². The van der Waals surface area contributed by atoms with Crippen molar-refractivity contribution in [3.8, 4) is 0 Å². The van der Waals surface area contributed by atoms with E-state index in [1.165, 1.54) is 44.9 Å². The molecule has 0 radical (unpaired) electrons. The molecule has 12 nitrogen and oxygen atoms in total. The van der Waals surface area contributed by atoms with Gasteiger partial charge in [0.2, 0.25) is 0 Å². The van der Waals surface area contributed by atoms with Crippen molar-refractivity contribution in [1.29, 1.82) is 0 Å². The van der Waals surface area contributed by atoms with E-state index in [0.717, 1.165) is 83.5 Å². The molecule has 1 saturated heterocycles. The van der Waals surface area contributed by atoms with E-state index in [2.05, 4.69) is 103 Å². The van der Waals surface area contributed by atoms with Crippen molar-refractivity contribution < 1.29 is 56.2 Å². The maximum atomic E-state index is 12.9. The maximum absolute atomic E-state index is 12.9. The van der Waals surface area contributed by atoms with Gasteiger partial charge < -0.3 is 34.3 Å². The summed E-state index contributed by atoms with van der Waals surface area (Å²) in [5, 5.41) is 30.7. The Bertz CT molecular complexity index is 1400. The normalized spacial score (nSPS) is 20.8. The molecule has 1 fully saturated rings. The predicted octanol–water partition coefficient (Wildman–Crippen LogP) is 10.1. The van der Waals surface area contributed by atoms with Crippen LogP contribution in [0.3, 0.4) is 0 Å². The smallest absolute Gasteiger partial charge is 0.397 e. The van der Waals surface area contributed by atoms with E-state index in [0.29, 0.717) is 13.0 Å². The zero-order valence-electron chi connectivity index (χ0n) is 37.9. The zero-order valence-corrected chi connectivity index (χ0v) is 38.7. The minimum absolute atomic E-state index is 0.00880. The molecule has 0 aromatic carbocycles. The number of allylic oxidation sites excluding steroid dienone is 14. The first-order chi connectivity index (χ1) is 30.1. The molecule has 6 atom stereocenters. The van der Waals surface area contributed by atoms with Gasteiger partial charge in [-0.1, -0.05) is 144 Å². The highest BCUT2D eigenvalue weighted by Gasteiger charge is 2.48. The number of ether oxygens (including phenoxy) is 4. The Morgan fingerprint density at radius 1 is 0.629 bits per heavy atom. The standard InChI is InChI=1S/C49H82O12S/c1-3-5-7-9-11-13-15-17-19-20-21-22-23-24-25-26-28-30-32-34-36-38-45(51)59-43(41-57-39-37-35-33-31-29-27-18-16-14-12-10-8-6-4-2)42-58-49-47(53)48(61-62(54,55)56)46(52)44(40-50)60-49/h5,7,11,13-14,16-17,19,21-22,24-25,28,30,43-44,46-50,52-53H,3-4,6,8-10,12,15,18,20,23,26-27,29,31-42H2,1-2H3,(H,54,55,56)/b7-5-,13-11-,16-14-,19-17-,22-21-,25-24-,30-28-. The lowest BCUT2D eigenvalue weighted by molar-refractivity contribution is -0.301. The van der Waals surface area contributed by atoms with Gasteiger partial charge in [-0.05, 0) is 89.9 Å². The molecule has 1 aliphatic rings. The van der Waals surface area contributed by atoms with Crippen LogP contribution < -0.4 is 0 Å². The third kappa shape index (κ3) is 32.9. The fraction of sp³-hybridized carbons (Fsp3) is 0.694. The number of unbranched alkanes of at least 4 members (excludes halogenated alkanes) is 12. The van der Waals surface area contributed by atoms with Crippen LogP contribution in [0.15, 0.2) is 85.1 Å². The summed E-state index contributed by atoms with van der Waals surface area (Å²) in [4.78, 5) is 12.9. The van der Waals surface area contributed by atoms with E-state index < -0.39 is 59.8 Å². The second-order valence-corrected chi connectivity index (χ2v) is 16.7. The van der Waals surface area contributed by atoms with Gasteiger partial charge in [-0.15, -0.1) is 0 Å². The minimum Gasteiger partial charge on any atom is -0.457 e. The number of aliphatic hydroxyl groups excluding tert-OH is 3. The Labute approximate surface area is 374 Å². The molecule has 1 rings (SSSR count). The van der Waals surface area contributed by atoms with E-state index in [4.69, 9.17) is 23.5 Å². The van der Waals surface area contributed by atoms with Gasteiger partial charge in [0.1, 0.15) is 30.5 Å². The summed E-state index contributed by atoms with van der Waals surface area (Å²) in [6.07, 6.45) is 43.3. The van der Waals surface area contributed by atoms with E-state index >= 15 is 0 Å². The fourth-order valence-electron chi connectivity index (χ4n) is 6.49. The fourth-order valence-corrected chi connectivity index (χ4v) is 7.00. The minimum atomic E-state index is -5.07. The van der Waals surface area contributed by atoms with Crippen molar-refractivity contribution in [3.63, 3.8) is 0 Å². The first-order valence-electron chi connectivity index (χ1n) is 23.3. The summed E-state index contributed by atoms with van der Waals surface area (Å²) in [7, 11) is -5.07. The van der Waals surface area contributed by atoms with Gasteiger partial charge >= 0.3 is 16.4 Å². The van der Waals surface area contributed by atoms with Crippen LogP contribution in [-0.2, 0) is 38.3 Å². The molecule has 0 aliphatic carbocycles. The topological polar surface area (TPSA) is 178 Å². The third-order valence-corrected chi connectivity index (χ3v) is 10.5. The highest BCUT2D eigenvalue weighted by molar-refractivity contribution is 7.80. The molecule has 6 unspecified atom stereocenters. The predicted molar refractivity (Wildman–Crippen MR) is 248 cm³/mol. The highest BCUT2D eigenvalue weighted by atomic mass is 32.3. The third-order valence-electron chi connectivity index (χ3n) is 10.0. The van der Waals surface area contributed by atoms with E-state index in [1.54, 1.807) is 0 Å². The lowest BCUT2D eigenvalue weighted by Crippen LogP contribution is -2.60. The lowest BCUT2D eigenvalue weighted by atomic mass is 9.99. The molecule has 62 heavy (non-hydrogen) atoms. The second kappa shape index (κ2) is 39.8. The average Bonchev–Trinajstić information content (AvgIpc) is 3.24. The molecule has 1 aliphatic heterocycles. The zero-order chi connectivity index (χ0) is 45.4. The average molecular weight is 895 g/mol. The monoisotopic (exact) mass is 895 g/mol. The Balaban J connectivity index is 2.46. The van der Waals surface area contributed by atoms with Crippen molar-refractivity contribution in [2.75, 3.05) is 26.4 Å². The molecule has 0 saturated carbocycles. The van der Waals surface area contributed by atoms with Crippen molar-refractivity contribution >= 4 is 16.4 Å². The summed E-state index contributed by atoms with van der Waals surface area (Å²) in [6.45, 7) is 3.77.